The maximum Gasteiger partial charge on any atom is 0.323 e. The Morgan fingerprint density at radius 3 is 2.81 bits per heavy atom. The minimum absolute atomic E-state index is 0.0687. The van der Waals surface area contributed by atoms with Crippen LogP contribution < -0.4 is 0 Å². The summed E-state index contributed by atoms with van der Waals surface area (Å²) in [5, 5.41) is 17.0. The zero-order valence-electron chi connectivity index (χ0n) is 8.42. The number of carboxylic acids is 1. The van der Waals surface area contributed by atoms with Gasteiger partial charge in [-0.05, 0) is 12.1 Å². The molecule has 6 nitrogen and oxygen atoms in total. The van der Waals surface area contributed by atoms with Crippen molar-refractivity contribution in [1.82, 2.24) is 4.90 Å². The Balaban J connectivity index is 2.72. The van der Waals surface area contributed by atoms with Crippen LogP contribution in [0, 0.1) is 11.3 Å². The van der Waals surface area contributed by atoms with Crippen LogP contribution in [-0.2, 0) is 4.79 Å². The van der Waals surface area contributed by atoms with Crippen molar-refractivity contribution in [2.75, 3.05) is 13.1 Å². The van der Waals surface area contributed by atoms with E-state index in [4.69, 9.17) is 14.8 Å². The molecule has 0 saturated heterocycles. The van der Waals surface area contributed by atoms with Gasteiger partial charge in [0.15, 0.2) is 5.76 Å². The van der Waals surface area contributed by atoms with Gasteiger partial charge in [0.25, 0.3) is 5.91 Å². The van der Waals surface area contributed by atoms with E-state index in [1.807, 2.05) is 6.07 Å². The summed E-state index contributed by atoms with van der Waals surface area (Å²) < 4.78 is 4.87. The average Bonchev–Trinajstić information content (AvgIpc) is 2.76. The van der Waals surface area contributed by atoms with Crippen LogP contribution in [0.2, 0.25) is 0 Å². The largest absolute Gasteiger partial charge is 0.480 e. The molecule has 0 saturated carbocycles. The Labute approximate surface area is 91.7 Å². The second-order valence-electron chi connectivity index (χ2n) is 3.01. The number of nitrogens with zero attached hydrogens (tertiary/aromatic N) is 2. The first-order chi connectivity index (χ1) is 7.65. The molecule has 0 unspecified atom stereocenters. The first kappa shape index (κ1) is 11.8. The van der Waals surface area contributed by atoms with Gasteiger partial charge in [0.1, 0.15) is 6.54 Å². The first-order valence-corrected chi connectivity index (χ1v) is 4.56. The molecule has 1 rings (SSSR count). The van der Waals surface area contributed by atoms with Gasteiger partial charge in [0, 0.05) is 6.54 Å². The van der Waals surface area contributed by atoms with E-state index in [1.54, 1.807) is 0 Å². The van der Waals surface area contributed by atoms with Gasteiger partial charge in [-0.1, -0.05) is 0 Å². The molecule has 0 radical (unpaired) electrons. The lowest BCUT2D eigenvalue weighted by atomic mass is 10.3. The van der Waals surface area contributed by atoms with Crippen LogP contribution in [0.3, 0.4) is 0 Å². The third-order valence-corrected chi connectivity index (χ3v) is 1.84. The number of nitriles is 1. The van der Waals surface area contributed by atoms with Gasteiger partial charge in [-0.3, -0.25) is 9.59 Å². The highest BCUT2D eigenvalue weighted by atomic mass is 16.4. The summed E-state index contributed by atoms with van der Waals surface area (Å²) in [6.45, 7) is -0.371. The summed E-state index contributed by atoms with van der Waals surface area (Å²) >= 11 is 0. The molecule has 84 valence electrons. The molecule has 0 bridgehead atoms. The highest BCUT2D eigenvalue weighted by Crippen LogP contribution is 2.06. The van der Waals surface area contributed by atoms with Crippen molar-refractivity contribution < 1.29 is 19.1 Å². The Morgan fingerprint density at radius 1 is 1.56 bits per heavy atom. The first-order valence-electron chi connectivity index (χ1n) is 4.56. The zero-order chi connectivity index (χ0) is 12.0. The summed E-state index contributed by atoms with van der Waals surface area (Å²) in [6.07, 6.45) is 1.41. The topological polar surface area (TPSA) is 94.5 Å². The fourth-order valence-electron chi connectivity index (χ4n) is 1.16. The average molecular weight is 222 g/mol. The van der Waals surface area contributed by atoms with Crippen molar-refractivity contribution in [1.29, 1.82) is 5.26 Å². The van der Waals surface area contributed by atoms with E-state index in [0.717, 1.165) is 4.90 Å². The number of amides is 1. The van der Waals surface area contributed by atoms with E-state index in [9.17, 15) is 9.59 Å². The molecule has 1 aromatic heterocycles. The number of carboxylic acid groups (broad SMARTS) is 1. The smallest absolute Gasteiger partial charge is 0.323 e. The molecule has 1 heterocycles. The summed E-state index contributed by atoms with van der Waals surface area (Å²) in [5.41, 5.74) is 0. The highest BCUT2D eigenvalue weighted by Gasteiger charge is 2.19. The summed E-state index contributed by atoms with van der Waals surface area (Å²) in [7, 11) is 0. The second kappa shape index (κ2) is 5.56. The number of hydrogen-bond donors (Lipinski definition) is 1. The molecule has 1 N–H and O–H groups in total. The molecular weight excluding hydrogens is 212 g/mol. The number of carbonyl (C=O) groups is 2. The van der Waals surface area contributed by atoms with Gasteiger partial charge in [-0.25, -0.2) is 0 Å². The minimum Gasteiger partial charge on any atom is -0.480 e. The van der Waals surface area contributed by atoms with E-state index < -0.39 is 18.4 Å². The second-order valence-corrected chi connectivity index (χ2v) is 3.01. The number of aliphatic carboxylic acids is 1. The van der Waals surface area contributed by atoms with Crippen LogP contribution in [0.1, 0.15) is 17.0 Å². The maximum absolute atomic E-state index is 11.7. The Bertz CT molecular complexity index is 405. The van der Waals surface area contributed by atoms with E-state index in [-0.39, 0.29) is 18.7 Å². The van der Waals surface area contributed by atoms with Crippen LogP contribution in [0.5, 0.6) is 0 Å². The van der Waals surface area contributed by atoms with Crippen LogP contribution in [0.4, 0.5) is 0 Å². The fourth-order valence-corrected chi connectivity index (χ4v) is 1.16. The van der Waals surface area contributed by atoms with E-state index in [2.05, 4.69) is 0 Å². The number of hydrogen-bond acceptors (Lipinski definition) is 4. The Kier molecular flexibility index (Phi) is 4.09. The molecule has 0 fully saturated rings. The molecule has 16 heavy (non-hydrogen) atoms. The van der Waals surface area contributed by atoms with Crippen LogP contribution in [0.25, 0.3) is 0 Å². The van der Waals surface area contributed by atoms with Crippen molar-refractivity contribution in [3.63, 3.8) is 0 Å². The van der Waals surface area contributed by atoms with Crippen molar-refractivity contribution in [2.24, 2.45) is 0 Å². The fraction of sp³-hybridized carbons (Fsp3) is 0.300. The van der Waals surface area contributed by atoms with Crippen molar-refractivity contribution in [3.05, 3.63) is 24.2 Å². The monoisotopic (exact) mass is 222 g/mol. The lowest BCUT2D eigenvalue weighted by Crippen LogP contribution is -2.36. The van der Waals surface area contributed by atoms with Crippen LogP contribution in [0.15, 0.2) is 22.8 Å². The molecule has 1 aromatic rings. The van der Waals surface area contributed by atoms with Crippen LogP contribution >= 0.6 is 0 Å². The summed E-state index contributed by atoms with van der Waals surface area (Å²) in [5.74, 6) is -1.58. The predicted octanol–water partition coefficient (Wildman–Crippen LogP) is 0.720. The lowest BCUT2D eigenvalue weighted by Gasteiger charge is -2.17. The van der Waals surface area contributed by atoms with E-state index in [0.29, 0.717) is 0 Å². The third-order valence-electron chi connectivity index (χ3n) is 1.84. The Morgan fingerprint density at radius 2 is 2.31 bits per heavy atom. The molecule has 0 aliphatic rings. The van der Waals surface area contributed by atoms with E-state index >= 15 is 0 Å². The van der Waals surface area contributed by atoms with Crippen molar-refractivity contribution in [3.8, 4) is 6.07 Å². The SMILES string of the molecule is N#CCCN(CC(=O)O)C(=O)c1ccco1. The molecule has 0 atom stereocenters. The predicted molar refractivity (Wildman–Crippen MR) is 52.5 cm³/mol. The summed E-state index contributed by atoms with van der Waals surface area (Å²) in [6, 6.07) is 4.84. The van der Waals surface area contributed by atoms with Crippen LogP contribution in [-0.4, -0.2) is 35.0 Å². The van der Waals surface area contributed by atoms with Gasteiger partial charge >= 0.3 is 5.97 Å². The van der Waals surface area contributed by atoms with Gasteiger partial charge in [0.2, 0.25) is 0 Å². The van der Waals surface area contributed by atoms with Gasteiger partial charge in [-0.2, -0.15) is 5.26 Å². The molecule has 0 spiro atoms. The molecular formula is C10H10N2O4. The molecule has 0 aromatic carbocycles. The quantitative estimate of drug-likeness (QED) is 0.792. The number of furan rings is 1. The maximum atomic E-state index is 11.7. The van der Waals surface area contributed by atoms with Gasteiger partial charge in [-0.15, -0.1) is 0 Å². The van der Waals surface area contributed by atoms with Gasteiger partial charge < -0.3 is 14.4 Å². The standard InChI is InChI=1S/C10H10N2O4/c11-4-2-5-12(7-9(13)14)10(15)8-3-1-6-16-8/h1,3,6H,2,5,7H2,(H,13,14). The van der Waals surface area contributed by atoms with E-state index in [1.165, 1.54) is 18.4 Å². The number of carbonyl (C=O) groups excluding carboxylic acids is 1. The third kappa shape index (κ3) is 3.13. The highest BCUT2D eigenvalue weighted by molar-refractivity contribution is 5.93. The lowest BCUT2D eigenvalue weighted by molar-refractivity contribution is -0.137. The Hall–Kier alpha value is -2.29. The van der Waals surface area contributed by atoms with Crippen molar-refractivity contribution >= 4 is 11.9 Å². The van der Waals surface area contributed by atoms with Crippen molar-refractivity contribution in [2.45, 2.75) is 6.42 Å². The molecule has 0 aliphatic heterocycles. The summed E-state index contributed by atoms with van der Waals surface area (Å²) in [4.78, 5) is 23.3. The number of rotatable bonds is 5. The minimum atomic E-state index is -1.13. The van der Waals surface area contributed by atoms with Gasteiger partial charge in [0.05, 0.1) is 18.8 Å². The molecule has 0 aliphatic carbocycles. The zero-order valence-corrected chi connectivity index (χ0v) is 8.42. The molecule has 6 heteroatoms. The molecule has 1 amide bonds. The normalized spacial score (nSPS) is 9.44.